The second-order valence-corrected chi connectivity index (χ2v) is 4.27. The highest BCUT2D eigenvalue weighted by molar-refractivity contribution is 6.33. The third kappa shape index (κ3) is 3.14. The molecule has 0 heterocycles. The zero-order valence-electron chi connectivity index (χ0n) is 9.49. The Morgan fingerprint density at radius 1 is 1.00 bits per heavy atom. The van der Waals surface area contributed by atoms with Gasteiger partial charge >= 0.3 is 0 Å². The van der Waals surface area contributed by atoms with E-state index in [2.05, 4.69) is 17.4 Å². The highest BCUT2D eigenvalue weighted by atomic mass is 35.5. The van der Waals surface area contributed by atoms with Crippen molar-refractivity contribution in [3.8, 4) is 0 Å². The molecule has 3 N–H and O–H groups in total. The number of nitrogens with one attached hydrogen (secondary N) is 1. The Balaban J connectivity index is 1.93. The van der Waals surface area contributed by atoms with Gasteiger partial charge in [-0.1, -0.05) is 48.0 Å². The van der Waals surface area contributed by atoms with E-state index in [-0.39, 0.29) is 0 Å². The molecule has 2 nitrogen and oxygen atoms in total. The van der Waals surface area contributed by atoms with E-state index < -0.39 is 0 Å². The number of benzene rings is 2. The normalized spacial score (nSPS) is 10.2. The number of rotatable bonds is 4. The summed E-state index contributed by atoms with van der Waals surface area (Å²) in [5.74, 6) is 0. The molecule has 0 amide bonds. The predicted molar refractivity (Wildman–Crippen MR) is 74.5 cm³/mol. The first-order chi connectivity index (χ1) is 8.27. The van der Waals surface area contributed by atoms with Gasteiger partial charge < -0.3 is 11.1 Å². The number of nitrogens with two attached hydrogens (primary N) is 1. The summed E-state index contributed by atoms with van der Waals surface area (Å²) < 4.78 is 0. The number of para-hydroxylation sites is 1. The van der Waals surface area contributed by atoms with E-state index in [9.17, 15) is 0 Å². The van der Waals surface area contributed by atoms with Gasteiger partial charge in [0.15, 0.2) is 0 Å². The molecule has 0 aliphatic rings. The maximum absolute atomic E-state index is 5.94. The average Bonchev–Trinajstić information content (AvgIpc) is 2.36. The largest absolute Gasteiger partial charge is 0.396 e. The van der Waals surface area contributed by atoms with Crippen LogP contribution in [-0.2, 0) is 6.42 Å². The van der Waals surface area contributed by atoms with Crippen molar-refractivity contribution < 1.29 is 0 Å². The van der Waals surface area contributed by atoms with Crippen LogP contribution in [0.5, 0.6) is 0 Å². The maximum atomic E-state index is 5.94. The van der Waals surface area contributed by atoms with Crippen molar-refractivity contribution in [2.75, 3.05) is 17.6 Å². The van der Waals surface area contributed by atoms with Crippen LogP contribution < -0.4 is 11.1 Å². The maximum Gasteiger partial charge on any atom is 0.0739 e. The molecule has 2 aromatic carbocycles. The van der Waals surface area contributed by atoms with Crippen LogP contribution in [0.4, 0.5) is 11.4 Å². The molecular formula is C14H15ClN2. The summed E-state index contributed by atoms with van der Waals surface area (Å²) in [5, 5.41) is 3.89. The minimum absolute atomic E-state index is 0.592. The minimum atomic E-state index is 0.592. The standard InChI is InChI=1S/C14H15ClN2/c15-12-7-4-8-13(14(12)16)17-10-9-11-5-2-1-3-6-11/h1-8,17H,9-10,16H2. The van der Waals surface area contributed by atoms with Crippen LogP contribution in [-0.4, -0.2) is 6.54 Å². The van der Waals surface area contributed by atoms with Crippen molar-refractivity contribution in [2.45, 2.75) is 6.42 Å². The number of hydrogen-bond acceptors (Lipinski definition) is 2. The van der Waals surface area contributed by atoms with Gasteiger partial charge in [-0.25, -0.2) is 0 Å². The number of hydrogen-bond donors (Lipinski definition) is 2. The van der Waals surface area contributed by atoms with Crippen LogP contribution in [0.1, 0.15) is 5.56 Å². The van der Waals surface area contributed by atoms with E-state index >= 15 is 0 Å². The molecule has 0 unspecified atom stereocenters. The molecule has 0 fully saturated rings. The molecule has 2 rings (SSSR count). The van der Waals surface area contributed by atoms with Crippen molar-refractivity contribution in [2.24, 2.45) is 0 Å². The van der Waals surface area contributed by atoms with Gasteiger partial charge in [-0.3, -0.25) is 0 Å². The van der Waals surface area contributed by atoms with Crippen LogP contribution in [0.15, 0.2) is 48.5 Å². The van der Waals surface area contributed by atoms with Gasteiger partial charge in [0.1, 0.15) is 0 Å². The topological polar surface area (TPSA) is 38.0 Å². The molecule has 88 valence electrons. The van der Waals surface area contributed by atoms with Crippen LogP contribution >= 0.6 is 11.6 Å². The van der Waals surface area contributed by atoms with E-state index in [0.29, 0.717) is 10.7 Å². The lowest BCUT2D eigenvalue weighted by atomic mass is 10.1. The fraction of sp³-hybridized carbons (Fsp3) is 0.143. The van der Waals surface area contributed by atoms with E-state index in [1.54, 1.807) is 6.07 Å². The van der Waals surface area contributed by atoms with E-state index in [4.69, 9.17) is 17.3 Å². The van der Waals surface area contributed by atoms with Crippen LogP contribution in [0.25, 0.3) is 0 Å². The Morgan fingerprint density at radius 2 is 1.76 bits per heavy atom. The van der Waals surface area contributed by atoms with Gasteiger partial charge in [0.25, 0.3) is 0 Å². The van der Waals surface area contributed by atoms with E-state index in [1.165, 1.54) is 5.56 Å². The number of anilines is 2. The fourth-order valence-corrected chi connectivity index (χ4v) is 1.85. The van der Waals surface area contributed by atoms with Gasteiger partial charge in [-0.2, -0.15) is 0 Å². The van der Waals surface area contributed by atoms with Gasteiger partial charge in [0.2, 0.25) is 0 Å². The summed E-state index contributed by atoms with van der Waals surface area (Å²) in [5.41, 5.74) is 8.68. The van der Waals surface area contributed by atoms with E-state index in [1.807, 2.05) is 30.3 Å². The summed E-state index contributed by atoms with van der Waals surface area (Å²) in [4.78, 5) is 0. The van der Waals surface area contributed by atoms with Crippen LogP contribution in [0.3, 0.4) is 0 Å². The molecule has 0 bridgehead atoms. The van der Waals surface area contributed by atoms with E-state index in [0.717, 1.165) is 18.7 Å². The highest BCUT2D eigenvalue weighted by Crippen LogP contribution is 2.26. The molecule has 0 spiro atoms. The Morgan fingerprint density at radius 3 is 2.53 bits per heavy atom. The zero-order chi connectivity index (χ0) is 12.1. The van der Waals surface area contributed by atoms with Crippen molar-refractivity contribution in [3.63, 3.8) is 0 Å². The SMILES string of the molecule is Nc1c(Cl)cccc1NCCc1ccccc1. The third-order valence-corrected chi connectivity index (χ3v) is 2.95. The molecule has 3 heteroatoms. The van der Waals surface area contributed by atoms with Crippen LogP contribution in [0, 0.1) is 0 Å². The number of halogens is 1. The monoisotopic (exact) mass is 246 g/mol. The Hall–Kier alpha value is -1.67. The lowest BCUT2D eigenvalue weighted by Gasteiger charge is -2.10. The summed E-state index contributed by atoms with van der Waals surface area (Å²) in [7, 11) is 0. The third-order valence-electron chi connectivity index (χ3n) is 2.62. The molecule has 17 heavy (non-hydrogen) atoms. The first-order valence-electron chi connectivity index (χ1n) is 5.59. The average molecular weight is 247 g/mol. The summed E-state index contributed by atoms with van der Waals surface area (Å²) in [6, 6.07) is 16.0. The minimum Gasteiger partial charge on any atom is -0.396 e. The van der Waals surface area contributed by atoms with Crippen molar-refractivity contribution >= 4 is 23.0 Å². The zero-order valence-corrected chi connectivity index (χ0v) is 10.2. The smallest absolute Gasteiger partial charge is 0.0739 e. The highest BCUT2D eigenvalue weighted by Gasteiger charge is 2.01. The van der Waals surface area contributed by atoms with Gasteiger partial charge in [0, 0.05) is 6.54 Å². The van der Waals surface area contributed by atoms with Crippen LogP contribution in [0.2, 0.25) is 5.02 Å². The molecule has 0 radical (unpaired) electrons. The molecule has 0 atom stereocenters. The predicted octanol–water partition coefficient (Wildman–Crippen LogP) is 3.58. The van der Waals surface area contributed by atoms with Crippen molar-refractivity contribution in [1.82, 2.24) is 0 Å². The first kappa shape index (κ1) is 11.8. The molecule has 0 aliphatic carbocycles. The number of nitrogen functional groups attached to an aromatic ring is 1. The second kappa shape index (κ2) is 5.60. The lowest BCUT2D eigenvalue weighted by Crippen LogP contribution is -2.06. The molecule has 0 saturated heterocycles. The quantitative estimate of drug-likeness (QED) is 0.810. The molecule has 0 saturated carbocycles. The molecule has 2 aromatic rings. The summed E-state index contributed by atoms with van der Waals surface area (Å²) in [6.07, 6.45) is 0.965. The molecule has 0 aliphatic heterocycles. The van der Waals surface area contributed by atoms with Gasteiger partial charge in [-0.15, -0.1) is 0 Å². The summed E-state index contributed by atoms with van der Waals surface area (Å²) in [6.45, 7) is 0.842. The fourth-order valence-electron chi connectivity index (χ4n) is 1.68. The van der Waals surface area contributed by atoms with Gasteiger partial charge in [0.05, 0.1) is 16.4 Å². The lowest BCUT2D eigenvalue weighted by molar-refractivity contribution is 1.02. The molecule has 0 aromatic heterocycles. The summed E-state index contributed by atoms with van der Waals surface area (Å²) >= 11 is 5.94. The van der Waals surface area contributed by atoms with Crippen molar-refractivity contribution in [1.29, 1.82) is 0 Å². The Kier molecular flexibility index (Phi) is 3.89. The Bertz CT molecular complexity index is 483. The molecular weight excluding hydrogens is 232 g/mol. The van der Waals surface area contributed by atoms with Gasteiger partial charge in [-0.05, 0) is 24.1 Å². The second-order valence-electron chi connectivity index (χ2n) is 3.86. The van der Waals surface area contributed by atoms with Crippen molar-refractivity contribution in [3.05, 3.63) is 59.1 Å². The first-order valence-corrected chi connectivity index (χ1v) is 5.97. The Labute approximate surface area is 106 Å².